The normalized spacial score (nSPS) is 10.5. The molecule has 0 saturated carbocycles. The summed E-state index contributed by atoms with van der Waals surface area (Å²) in [5.41, 5.74) is 6.52. The molecule has 3 nitrogen and oxygen atoms in total. The molecule has 0 aliphatic heterocycles. The summed E-state index contributed by atoms with van der Waals surface area (Å²) < 4.78 is 0.382. The number of nitrogens with one attached hydrogen (secondary N) is 1. The molecule has 0 radical (unpaired) electrons. The van der Waals surface area contributed by atoms with E-state index in [0.29, 0.717) is 15.6 Å². The number of nitrogens with zero attached hydrogens (tertiary/aromatic N) is 1. The van der Waals surface area contributed by atoms with Crippen molar-refractivity contribution < 1.29 is 0 Å². The van der Waals surface area contributed by atoms with Crippen LogP contribution in [0.1, 0.15) is 0 Å². The van der Waals surface area contributed by atoms with Crippen molar-refractivity contribution in [2.24, 2.45) is 0 Å². The summed E-state index contributed by atoms with van der Waals surface area (Å²) in [6.07, 6.45) is 0. The Morgan fingerprint density at radius 2 is 2.23 bits per heavy atom. The van der Waals surface area contributed by atoms with Crippen LogP contribution < -0.4 is 5.73 Å². The topological polar surface area (TPSA) is 54.7 Å². The van der Waals surface area contributed by atoms with Gasteiger partial charge in [0.1, 0.15) is 5.82 Å². The highest BCUT2D eigenvalue weighted by Crippen LogP contribution is 2.20. The summed E-state index contributed by atoms with van der Waals surface area (Å²) in [6, 6.07) is 5.35. The molecule has 0 aliphatic carbocycles. The average Bonchev–Trinajstić information content (AvgIpc) is 2.06. The Bertz CT molecular complexity index is 520. The van der Waals surface area contributed by atoms with E-state index in [1.54, 1.807) is 12.1 Å². The Balaban J connectivity index is 2.95. The van der Waals surface area contributed by atoms with Gasteiger partial charge < -0.3 is 10.7 Å². The van der Waals surface area contributed by atoms with Crippen molar-refractivity contribution in [3.63, 3.8) is 0 Å². The van der Waals surface area contributed by atoms with Crippen molar-refractivity contribution in [2.75, 3.05) is 5.73 Å². The lowest BCUT2D eigenvalue weighted by Crippen LogP contribution is -1.94. The van der Waals surface area contributed by atoms with Crippen LogP contribution in [0, 0.1) is 4.77 Å². The lowest BCUT2D eigenvalue weighted by atomic mass is 10.2. The van der Waals surface area contributed by atoms with Crippen molar-refractivity contribution >= 4 is 40.5 Å². The van der Waals surface area contributed by atoms with Gasteiger partial charge in [-0.1, -0.05) is 11.6 Å². The van der Waals surface area contributed by atoms with Gasteiger partial charge in [-0.05, 0) is 30.4 Å². The van der Waals surface area contributed by atoms with E-state index >= 15 is 0 Å². The fourth-order valence-electron chi connectivity index (χ4n) is 1.15. The third-order valence-corrected chi connectivity index (χ3v) is 2.15. The summed E-state index contributed by atoms with van der Waals surface area (Å²) >= 11 is 10.7. The van der Waals surface area contributed by atoms with Crippen molar-refractivity contribution in [3.05, 3.63) is 28.0 Å². The van der Waals surface area contributed by atoms with Gasteiger partial charge in [-0.25, -0.2) is 4.98 Å². The number of nitrogen functional groups attached to an aromatic ring is 1. The fraction of sp³-hybridized carbons (Fsp3) is 0. The van der Waals surface area contributed by atoms with E-state index < -0.39 is 0 Å². The van der Waals surface area contributed by atoms with E-state index in [0.717, 1.165) is 10.9 Å². The summed E-state index contributed by atoms with van der Waals surface area (Å²) in [5, 5.41) is 1.42. The third-order valence-electron chi connectivity index (χ3n) is 1.72. The van der Waals surface area contributed by atoms with E-state index in [1.807, 2.05) is 6.07 Å². The summed E-state index contributed by atoms with van der Waals surface area (Å²) in [7, 11) is 0. The maximum absolute atomic E-state index is 5.81. The van der Waals surface area contributed by atoms with E-state index in [-0.39, 0.29) is 0 Å². The van der Waals surface area contributed by atoms with Crippen molar-refractivity contribution in [1.29, 1.82) is 0 Å². The van der Waals surface area contributed by atoms with Crippen LogP contribution in [0.25, 0.3) is 10.9 Å². The van der Waals surface area contributed by atoms with Gasteiger partial charge in [0, 0.05) is 10.4 Å². The summed E-state index contributed by atoms with van der Waals surface area (Å²) in [5.74, 6) is 0.404. The molecule has 2 aromatic rings. The lowest BCUT2D eigenvalue weighted by Gasteiger charge is -2.00. The second kappa shape index (κ2) is 2.97. The Kier molecular flexibility index (Phi) is 1.94. The number of hydrogen-bond donors (Lipinski definition) is 2. The number of aromatic nitrogens is 2. The molecule has 0 aliphatic rings. The molecule has 0 spiro atoms. The predicted molar refractivity (Wildman–Crippen MR) is 56.4 cm³/mol. The maximum atomic E-state index is 5.81. The molecular formula is C8H6ClN3S. The molecule has 1 aromatic carbocycles. The Labute approximate surface area is 84.6 Å². The molecule has 0 atom stereocenters. The number of fused-ring (bicyclic) bond motifs is 1. The predicted octanol–water partition coefficient (Wildman–Crippen LogP) is 2.53. The number of nitrogens with two attached hydrogens (primary N) is 1. The third kappa shape index (κ3) is 1.50. The van der Waals surface area contributed by atoms with Gasteiger partial charge in [0.25, 0.3) is 0 Å². The zero-order valence-corrected chi connectivity index (χ0v) is 8.12. The Morgan fingerprint density at radius 3 is 3.00 bits per heavy atom. The smallest absolute Gasteiger partial charge is 0.199 e. The highest BCUT2D eigenvalue weighted by molar-refractivity contribution is 7.71. The number of hydrogen-bond acceptors (Lipinski definition) is 3. The van der Waals surface area contributed by atoms with Gasteiger partial charge in [0.05, 0.1) is 5.52 Å². The van der Waals surface area contributed by atoms with Gasteiger partial charge in [-0.2, -0.15) is 0 Å². The first-order chi connectivity index (χ1) is 6.16. The van der Waals surface area contributed by atoms with E-state index in [2.05, 4.69) is 9.97 Å². The van der Waals surface area contributed by atoms with Crippen LogP contribution in [0.15, 0.2) is 18.2 Å². The number of H-pyrrole nitrogens is 1. The van der Waals surface area contributed by atoms with Crippen molar-refractivity contribution in [1.82, 2.24) is 9.97 Å². The van der Waals surface area contributed by atoms with Crippen LogP contribution in [-0.4, -0.2) is 9.97 Å². The summed E-state index contributed by atoms with van der Waals surface area (Å²) in [6.45, 7) is 0. The highest BCUT2D eigenvalue weighted by Gasteiger charge is 2.00. The lowest BCUT2D eigenvalue weighted by molar-refractivity contribution is 1.19. The molecule has 5 heteroatoms. The molecule has 3 N–H and O–H groups in total. The van der Waals surface area contributed by atoms with Crippen LogP contribution in [-0.2, 0) is 0 Å². The molecule has 0 amide bonds. The van der Waals surface area contributed by atoms with Crippen molar-refractivity contribution in [2.45, 2.75) is 0 Å². The quantitative estimate of drug-likeness (QED) is 0.659. The zero-order chi connectivity index (χ0) is 9.42. The first kappa shape index (κ1) is 8.47. The molecule has 0 fully saturated rings. The zero-order valence-electron chi connectivity index (χ0n) is 6.54. The van der Waals surface area contributed by atoms with Gasteiger partial charge in [-0.3, -0.25) is 0 Å². The van der Waals surface area contributed by atoms with Crippen LogP contribution in [0.2, 0.25) is 5.02 Å². The van der Waals surface area contributed by atoms with E-state index in [4.69, 9.17) is 29.6 Å². The molecule has 1 heterocycles. The standard InChI is InChI=1S/C8H6ClN3S/c9-4-1-2-6-5(3-4)7(10)12-8(13)11-6/h1-3H,(H3,10,11,12,13). The number of anilines is 1. The first-order valence-electron chi connectivity index (χ1n) is 3.62. The molecule has 0 bridgehead atoms. The second-order valence-corrected chi connectivity index (χ2v) is 3.44. The van der Waals surface area contributed by atoms with Gasteiger partial charge in [0.2, 0.25) is 0 Å². The van der Waals surface area contributed by atoms with Crippen LogP contribution in [0.5, 0.6) is 0 Å². The molecule has 2 rings (SSSR count). The Morgan fingerprint density at radius 1 is 1.46 bits per heavy atom. The molecule has 0 saturated heterocycles. The maximum Gasteiger partial charge on any atom is 0.199 e. The SMILES string of the molecule is Nc1nc(=S)[nH]c2ccc(Cl)cc12. The van der Waals surface area contributed by atoms with Crippen LogP contribution in [0.4, 0.5) is 5.82 Å². The molecule has 66 valence electrons. The number of halogens is 1. The summed E-state index contributed by atoms with van der Waals surface area (Å²) in [4.78, 5) is 6.84. The van der Waals surface area contributed by atoms with Gasteiger partial charge in [-0.15, -0.1) is 0 Å². The minimum Gasteiger partial charge on any atom is -0.383 e. The molecule has 13 heavy (non-hydrogen) atoms. The monoisotopic (exact) mass is 211 g/mol. The minimum absolute atomic E-state index is 0.382. The second-order valence-electron chi connectivity index (χ2n) is 2.62. The molecular weight excluding hydrogens is 206 g/mol. The van der Waals surface area contributed by atoms with E-state index in [1.165, 1.54) is 0 Å². The fourth-order valence-corrected chi connectivity index (χ4v) is 1.53. The molecule has 1 aromatic heterocycles. The van der Waals surface area contributed by atoms with Crippen molar-refractivity contribution in [3.8, 4) is 0 Å². The van der Waals surface area contributed by atoms with Gasteiger partial charge in [0.15, 0.2) is 4.77 Å². The minimum atomic E-state index is 0.382. The van der Waals surface area contributed by atoms with Crippen LogP contribution >= 0.6 is 23.8 Å². The molecule has 0 unspecified atom stereocenters. The number of aromatic amines is 1. The number of rotatable bonds is 0. The Hall–Kier alpha value is -1.13. The first-order valence-corrected chi connectivity index (χ1v) is 4.40. The van der Waals surface area contributed by atoms with Crippen LogP contribution in [0.3, 0.4) is 0 Å². The number of benzene rings is 1. The van der Waals surface area contributed by atoms with Gasteiger partial charge >= 0.3 is 0 Å². The van der Waals surface area contributed by atoms with E-state index in [9.17, 15) is 0 Å². The average molecular weight is 212 g/mol. The largest absolute Gasteiger partial charge is 0.383 e. The highest BCUT2D eigenvalue weighted by atomic mass is 35.5.